The molecule has 0 radical (unpaired) electrons. The van der Waals surface area contributed by atoms with Gasteiger partial charge in [0.1, 0.15) is 23.0 Å². The molecule has 3 rings (SSSR count). The summed E-state index contributed by atoms with van der Waals surface area (Å²) >= 11 is 0. The minimum absolute atomic E-state index is 0.0983. The third-order valence-corrected chi connectivity index (χ3v) is 4.05. The van der Waals surface area contributed by atoms with Crippen LogP contribution in [-0.4, -0.2) is 22.8 Å². The number of phenolic OH excluding ortho intramolecular Hbond substituents is 2. The summed E-state index contributed by atoms with van der Waals surface area (Å²) in [5, 5.41) is 18.8. The first-order valence-corrected chi connectivity index (χ1v) is 8.59. The van der Waals surface area contributed by atoms with E-state index in [2.05, 4.69) is 0 Å². The minimum Gasteiger partial charge on any atom is -0.508 e. The van der Waals surface area contributed by atoms with E-state index >= 15 is 0 Å². The molecule has 2 N–H and O–H groups in total. The fourth-order valence-electron chi connectivity index (χ4n) is 2.64. The number of esters is 1. The zero-order chi connectivity index (χ0) is 19.1. The fraction of sp³-hybridized carbons (Fsp3) is 0.136. The Hall–Kier alpha value is -3.47. The summed E-state index contributed by atoms with van der Waals surface area (Å²) in [6.07, 6.45) is 0.413. The van der Waals surface area contributed by atoms with Crippen LogP contribution in [0.5, 0.6) is 23.0 Å². The number of aromatic hydroxyl groups is 2. The van der Waals surface area contributed by atoms with Crippen LogP contribution in [0.3, 0.4) is 0 Å². The lowest BCUT2D eigenvalue weighted by molar-refractivity contribution is -0.136. The summed E-state index contributed by atoms with van der Waals surface area (Å²) in [5.41, 5.74) is 0.730. The van der Waals surface area contributed by atoms with E-state index in [-0.39, 0.29) is 11.5 Å². The van der Waals surface area contributed by atoms with Crippen LogP contribution < -0.4 is 9.47 Å². The first-order chi connectivity index (χ1) is 13.1. The van der Waals surface area contributed by atoms with Crippen LogP contribution in [0.2, 0.25) is 0 Å². The second-order valence-electron chi connectivity index (χ2n) is 6.01. The van der Waals surface area contributed by atoms with Crippen LogP contribution in [0.4, 0.5) is 0 Å². The van der Waals surface area contributed by atoms with E-state index in [1.165, 1.54) is 36.4 Å². The number of hydrogen-bond acceptors (Lipinski definition) is 5. The Bertz CT molecular complexity index is 857. The van der Waals surface area contributed by atoms with Gasteiger partial charge >= 0.3 is 5.97 Å². The highest BCUT2D eigenvalue weighted by Crippen LogP contribution is 2.26. The summed E-state index contributed by atoms with van der Waals surface area (Å²) in [5.74, 6) is 0.330. The van der Waals surface area contributed by atoms with Crippen LogP contribution in [0.25, 0.3) is 0 Å². The number of hydrogen-bond donors (Lipinski definition) is 2. The summed E-state index contributed by atoms with van der Waals surface area (Å²) in [6.45, 7) is 0.334. The van der Waals surface area contributed by atoms with Crippen molar-refractivity contribution in [2.75, 3.05) is 6.61 Å². The highest BCUT2D eigenvalue weighted by molar-refractivity contribution is 5.80. The SMILES string of the molecule is O=C(Oc1ccc(O)cc1)C(CCOc1ccccc1)c1ccc(O)cc1. The largest absolute Gasteiger partial charge is 0.508 e. The maximum absolute atomic E-state index is 12.7. The number of ether oxygens (including phenoxy) is 2. The van der Waals surface area contributed by atoms with Gasteiger partial charge in [0.2, 0.25) is 0 Å². The van der Waals surface area contributed by atoms with Gasteiger partial charge in [-0.15, -0.1) is 0 Å². The predicted molar refractivity (Wildman–Crippen MR) is 101 cm³/mol. The molecule has 0 saturated carbocycles. The van der Waals surface area contributed by atoms with Gasteiger partial charge in [-0.2, -0.15) is 0 Å². The number of rotatable bonds is 7. The topological polar surface area (TPSA) is 76.0 Å². The average molecular weight is 364 g/mol. The van der Waals surface area contributed by atoms with Gasteiger partial charge in [0.15, 0.2) is 0 Å². The Morgan fingerprint density at radius 3 is 2.00 bits per heavy atom. The molecular formula is C22H20O5. The Morgan fingerprint density at radius 1 is 0.778 bits per heavy atom. The van der Waals surface area contributed by atoms with Crippen LogP contribution >= 0.6 is 0 Å². The highest BCUT2D eigenvalue weighted by Gasteiger charge is 2.23. The predicted octanol–water partition coefficient (Wildman–Crippen LogP) is 4.26. The lowest BCUT2D eigenvalue weighted by Gasteiger charge is -2.17. The van der Waals surface area contributed by atoms with Crippen LogP contribution in [0.1, 0.15) is 17.9 Å². The fourth-order valence-corrected chi connectivity index (χ4v) is 2.64. The summed E-state index contributed by atoms with van der Waals surface area (Å²) in [7, 11) is 0. The Labute approximate surface area is 157 Å². The first-order valence-electron chi connectivity index (χ1n) is 8.59. The van der Waals surface area contributed by atoms with Crippen molar-refractivity contribution < 1.29 is 24.5 Å². The van der Waals surface area contributed by atoms with Gasteiger partial charge in [-0.3, -0.25) is 4.79 Å². The Balaban J connectivity index is 1.71. The maximum Gasteiger partial charge on any atom is 0.318 e. The quantitative estimate of drug-likeness (QED) is 0.484. The van der Waals surface area contributed by atoms with Crippen molar-refractivity contribution in [1.82, 2.24) is 0 Å². The summed E-state index contributed by atoms with van der Waals surface area (Å²) in [6, 6.07) is 21.8. The zero-order valence-corrected chi connectivity index (χ0v) is 14.6. The third kappa shape index (κ3) is 5.25. The number of carbonyl (C=O) groups is 1. The standard InChI is InChI=1S/C22H20O5/c23-17-8-6-16(7-9-17)21(14-15-26-19-4-2-1-3-5-19)22(25)27-20-12-10-18(24)11-13-20/h1-13,21,23-24H,14-15H2. The van der Waals surface area contributed by atoms with Gasteiger partial charge in [-0.25, -0.2) is 0 Å². The molecule has 138 valence electrons. The molecule has 0 aromatic heterocycles. The van der Waals surface area contributed by atoms with Crippen LogP contribution in [-0.2, 0) is 4.79 Å². The zero-order valence-electron chi connectivity index (χ0n) is 14.6. The number of para-hydroxylation sites is 1. The van der Waals surface area contributed by atoms with Gasteiger partial charge in [-0.1, -0.05) is 30.3 Å². The normalized spacial score (nSPS) is 11.6. The van der Waals surface area contributed by atoms with E-state index in [9.17, 15) is 15.0 Å². The van der Waals surface area contributed by atoms with Crippen molar-refractivity contribution in [1.29, 1.82) is 0 Å². The molecule has 3 aromatic rings. The molecule has 0 aliphatic heterocycles. The minimum atomic E-state index is -0.553. The second-order valence-corrected chi connectivity index (χ2v) is 6.01. The number of phenols is 2. The second kappa shape index (κ2) is 8.76. The molecule has 0 aliphatic rings. The van der Waals surface area contributed by atoms with Crippen molar-refractivity contribution in [3.05, 3.63) is 84.4 Å². The molecule has 0 amide bonds. The van der Waals surface area contributed by atoms with Crippen molar-refractivity contribution in [3.63, 3.8) is 0 Å². The third-order valence-electron chi connectivity index (χ3n) is 4.05. The molecule has 0 spiro atoms. The van der Waals surface area contributed by atoms with Crippen LogP contribution in [0.15, 0.2) is 78.9 Å². The van der Waals surface area contributed by atoms with Crippen molar-refractivity contribution in [3.8, 4) is 23.0 Å². The molecule has 1 atom stereocenters. The van der Waals surface area contributed by atoms with E-state index in [1.54, 1.807) is 12.1 Å². The van der Waals surface area contributed by atoms with E-state index in [0.29, 0.717) is 18.8 Å². The maximum atomic E-state index is 12.7. The molecule has 0 heterocycles. The van der Waals surface area contributed by atoms with Gasteiger partial charge < -0.3 is 19.7 Å². The summed E-state index contributed by atoms with van der Waals surface area (Å²) < 4.78 is 11.2. The van der Waals surface area contributed by atoms with Gasteiger partial charge in [0.25, 0.3) is 0 Å². The Morgan fingerprint density at radius 2 is 1.37 bits per heavy atom. The average Bonchev–Trinajstić information content (AvgIpc) is 2.69. The molecule has 0 fully saturated rings. The molecular weight excluding hydrogens is 344 g/mol. The highest BCUT2D eigenvalue weighted by atomic mass is 16.5. The molecule has 5 heteroatoms. The molecule has 0 aliphatic carbocycles. The van der Waals surface area contributed by atoms with Crippen molar-refractivity contribution in [2.45, 2.75) is 12.3 Å². The molecule has 3 aromatic carbocycles. The molecule has 5 nitrogen and oxygen atoms in total. The van der Waals surface area contributed by atoms with Gasteiger partial charge in [0.05, 0.1) is 12.5 Å². The Kier molecular flexibility index (Phi) is 5.94. The lowest BCUT2D eigenvalue weighted by Crippen LogP contribution is -2.21. The van der Waals surface area contributed by atoms with E-state index in [4.69, 9.17) is 9.47 Å². The number of carbonyl (C=O) groups excluding carboxylic acids is 1. The summed E-state index contributed by atoms with van der Waals surface area (Å²) in [4.78, 5) is 12.7. The molecule has 1 unspecified atom stereocenters. The van der Waals surface area contributed by atoms with E-state index < -0.39 is 11.9 Å². The number of benzene rings is 3. The van der Waals surface area contributed by atoms with Gasteiger partial charge in [0, 0.05) is 0 Å². The van der Waals surface area contributed by atoms with Crippen molar-refractivity contribution >= 4 is 5.97 Å². The van der Waals surface area contributed by atoms with E-state index in [1.807, 2.05) is 30.3 Å². The van der Waals surface area contributed by atoms with Crippen molar-refractivity contribution in [2.24, 2.45) is 0 Å². The molecule has 0 saturated heterocycles. The first kappa shape index (κ1) is 18.3. The lowest BCUT2D eigenvalue weighted by atomic mass is 9.96. The van der Waals surface area contributed by atoms with Crippen LogP contribution in [0, 0.1) is 0 Å². The molecule has 27 heavy (non-hydrogen) atoms. The van der Waals surface area contributed by atoms with Gasteiger partial charge in [-0.05, 0) is 60.5 Å². The van der Waals surface area contributed by atoms with E-state index in [0.717, 1.165) is 11.3 Å². The molecule has 0 bridgehead atoms. The monoisotopic (exact) mass is 364 g/mol. The smallest absolute Gasteiger partial charge is 0.318 e.